The van der Waals surface area contributed by atoms with Crippen LogP contribution in [0.15, 0.2) is 24.8 Å². The molecule has 0 unspecified atom stereocenters. The Morgan fingerprint density at radius 1 is 1.24 bits per heavy atom. The molecule has 182 valence electrons. The predicted molar refractivity (Wildman–Crippen MR) is 127 cm³/mol. The number of hydrogen-bond acceptors (Lipinski definition) is 9. The molecule has 2 rings (SSSR count). The minimum Gasteiger partial charge on any atom is -0.462 e. The summed E-state index contributed by atoms with van der Waals surface area (Å²) in [5.41, 5.74) is -0.609. The van der Waals surface area contributed by atoms with Crippen LogP contribution >= 0.6 is 23.1 Å². The van der Waals surface area contributed by atoms with Gasteiger partial charge in [-0.15, -0.1) is 11.3 Å². The van der Waals surface area contributed by atoms with Crippen molar-refractivity contribution in [3.63, 3.8) is 0 Å². The molecule has 0 aromatic carbocycles. The van der Waals surface area contributed by atoms with Crippen LogP contribution in [0.2, 0.25) is 0 Å². The fraction of sp³-hybridized carbons (Fsp3) is 0.545. The van der Waals surface area contributed by atoms with Gasteiger partial charge in [-0.05, 0) is 58.0 Å². The number of carbonyl (C=O) groups excluding carboxylic acids is 4. The lowest BCUT2D eigenvalue weighted by atomic mass is 10.2. The second-order valence-electron chi connectivity index (χ2n) is 8.21. The van der Waals surface area contributed by atoms with E-state index < -0.39 is 23.0 Å². The molecule has 1 N–H and O–H groups in total. The van der Waals surface area contributed by atoms with Gasteiger partial charge in [0.05, 0.1) is 17.5 Å². The molecule has 2 heterocycles. The van der Waals surface area contributed by atoms with E-state index in [1.807, 2.05) is 0 Å². The number of nitrogens with one attached hydrogen (secondary N) is 1. The highest BCUT2D eigenvalue weighted by molar-refractivity contribution is 8.13. The van der Waals surface area contributed by atoms with Crippen molar-refractivity contribution in [3.8, 4) is 0 Å². The zero-order valence-electron chi connectivity index (χ0n) is 19.3. The first-order chi connectivity index (χ1) is 15.5. The Kier molecular flexibility index (Phi) is 9.78. The number of ether oxygens (including phenoxy) is 3. The molecule has 1 aromatic heterocycles. The topological polar surface area (TPSA) is 111 Å². The maximum Gasteiger partial charge on any atom is 0.410 e. The van der Waals surface area contributed by atoms with Gasteiger partial charge in [0.2, 0.25) is 0 Å². The number of thiophene rings is 1. The van der Waals surface area contributed by atoms with Crippen LogP contribution in [0, 0.1) is 0 Å². The van der Waals surface area contributed by atoms with Gasteiger partial charge in [-0.1, -0.05) is 12.7 Å². The molecule has 1 aliphatic heterocycles. The van der Waals surface area contributed by atoms with Crippen molar-refractivity contribution in [2.45, 2.75) is 51.0 Å². The average molecular weight is 499 g/mol. The molecule has 0 radical (unpaired) electrons. The van der Waals surface area contributed by atoms with Gasteiger partial charge in [0, 0.05) is 18.3 Å². The van der Waals surface area contributed by atoms with Crippen LogP contribution in [0.4, 0.5) is 9.59 Å². The average Bonchev–Trinajstić information content (AvgIpc) is 3.36. The molecule has 1 aromatic rings. The Morgan fingerprint density at radius 2 is 1.94 bits per heavy atom. The normalized spacial score (nSPS) is 17.9. The van der Waals surface area contributed by atoms with Gasteiger partial charge in [-0.2, -0.15) is 0 Å². The third kappa shape index (κ3) is 8.39. The molecule has 0 saturated carbocycles. The molecular formula is C22H30N2O7S2. The van der Waals surface area contributed by atoms with E-state index in [4.69, 9.17) is 14.2 Å². The summed E-state index contributed by atoms with van der Waals surface area (Å²) in [7, 11) is 0. The van der Waals surface area contributed by atoms with E-state index in [-0.39, 0.29) is 43.5 Å². The fourth-order valence-corrected chi connectivity index (χ4v) is 5.01. The highest BCUT2D eigenvalue weighted by Crippen LogP contribution is 2.30. The Balaban J connectivity index is 2.00. The predicted octanol–water partition coefficient (Wildman–Crippen LogP) is 4.09. The van der Waals surface area contributed by atoms with Crippen molar-refractivity contribution in [2.24, 2.45) is 0 Å². The summed E-state index contributed by atoms with van der Waals surface area (Å²) in [4.78, 5) is 51.3. The lowest BCUT2D eigenvalue weighted by Crippen LogP contribution is -2.43. The molecule has 33 heavy (non-hydrogen) atoms. The lowest BCUT2D eigenvalue weighted by molar-refractivity contribution is 0.0531. The second-order valence-corrected chi connectivity index (χ2v) is 10.5. The second kappa shape index (κ2) is 12.1. The van der Waals surface area contributed by atoms with E-state index in [1.165, 1.54) is 11.0 Å². The van der Waals surface area contributed by atoms with Gasteiger partial charge in [-0.3, -0.25) is 4.79 Å². The molecule has 11 heteroatoms. The van der Waals surface area contributed by atoms with E-state index in [0.29, 0.717) is 16.2 Å². The van der Waals surface area contributed by atoms with Crippen molar-refractivity contribution in [3.05, 3.63) is 34.5 Å². The third-order valence-corrected chi connectivity index (χ3v) is 6.41. The Bertz CT molecular complexity index is 878. The van der Waals surface area contributed by atoms with Crippen molar-refractivity contribution in [1.82, 2.24) is 10.2 Å². The summed E-state index contributed by atoms with van der Waals surface area (Å²) in [5.74, 6) is -0.839. The lowest BCUT2D eigenvalue weighted by Gasteiger charge is -2.23. The highest BCUT2D eigenvalue weighted by Gasteiger charge is 2.38. The Labute approximate surface area is 201 Å². The van der Waals surface area contributed by atoms with Crippen molar-refractivity contribution < 1.29 is 33.4 Å². The fourth-order valence-electron chi connectivity index (χ4n) is 3.07. The number of likely N-dealkylation sites (tertiary alicyclic amines) is 1. The molecule has 1 aliphatic rings. The molecule has 2 atom stereocenters. The van der Waals surface area contributed by atoms with Gasteiger partial charge in [-0.25, -0.2) is 14.4 Å². The quantitative estimate of drug-likeness (QED) is 0.324. The van der Waals surface area contributed by atoms with Gasteiger partial charge < -0.3 is 24.4 Å². The first kappa shape index (κ1) is 26.7. The Morgan fingerprint density at radius 3 is 2.58 bits per heavy atom. The van der Waals surface area contributed by atoms with E-state index >= 15 is 0 Å². The standard InChI is InChI=1S/C22H30N2O7S2/c1-6-10-30-20(27)24-13-15(32-21(28)31-22(3,4)5)11-14(24)12-23-18(25)16-8-9-17(33-16)19(26)29-7-2/h6,8-9,14-15H,1,7,10-13H2,2-5H3,(H,23,25)/t14-,15-/m0/s1. The minimum atomic E-state index is -0.609. The van der Waals surface area contributed by atoms with Gasteiger partial charge in [0.15, 0.2) is 0 Å². The van der Waals surface area contributed by atoms with E-state index in [2.05, 4.69) is 11.9 Å². The minimum absolute atomic E-state index is 0.0596. The summed E-state index contributed by atoms with van der Waals surface area (Å²) in [6.45, 7) is 11.4. The van der Waals surface area contributed by atoms with Gasteiger partial charge in [0.25, 0.3) is 5.91 Å². The SMILES string of the molecule is C=CCOC(=O)N1C[C@@H](SC(=O)OC(C)(C)C)C[C@H]1CNC(=O)c1ccc(C(=O)OCC)s1. The monoisotopic (exact) mass is 498 g/mol. The summed E-state index contributed by atoms with van der Waals surface area (Å²) < 4.78 is 15.5. The third-order valence-electron chi connectivity index (χ3n) is 4.39. The highest BCUT2D eigenvalue weighted by atomic mass is 32.2. The van der Waals surface area contributed by atoms with Gasteiger partial charge in [0.1, 0.15) is 17.1 Å². The largest absolute Gasteiger partial charge is 0.462 e. The van der Waals surface area contributed by atoms with E-state index in [9.17, 15) is 19.2 Å². The van der Waals surface area contributed by atoms with E-state index in [0.717, 1.165) is 23.1 Å². The number of rotatable bonds is 8. The molecule has 9 nitrogen and oxygen atoms in total. The summed E-state index contributed by atoms with van der Waals surface area (Å²) in [6.07, 6.45) is 1.41. The van der Waals surface area contributed by atoms with E-state index in [1.54, 1.807) is 39.8 Å². The maximum atomic E-state index is 12.6. The van der Waals surface area contributed by atoms with Crippen LogP contribution in [0.25, 0.3) is 0 Å². The number of amides is 2. The van der Waals surface area contributed by atoms with Crippen molar-refractivity contribution in [1.29, 1.82) is 0 Å². The summed E-state index contributed by atoms with van der Waals surface area (Å²) in [6, 6.07) is 2.73. The number of hydrogen-bond donors (Lipinski definition) is 1. The van der Waals surface area contributed by atoms with Crippen LogP contribution in [0.1, 0.15) is 53.5 Å². The van der Waals surface area contributed by atoms with Crippen molar-refractivity contribution in [2.75, 3.05) is 26.3 Å². The molecule has 0 aliphatic carbocycles. The number of thioether (sulfide) groups is 1. The molecular weight excluding hydrogens is 468 g/mol. The van der Waals surface area contributed by atoms with Crippen molar-refractivity contribution >= 4 is 46.4 Å². The van der Waals surface area contributed by atoms with Crippen LogP contribution in [-0.4, -0.2) is 71.4 Å². The van der Waals surface area contributed by atoms with Crippen LogP contribution < -0.4 is 5.32 Å². The van der Waals surface area contributed by atoms with Crippen LogP contribution in [-0.2, 0) is 14.2 Å². The molecule has 0 bridgehead atoms. The zero-order chi connectivity index (χ0) is 24.6. The van der Waals surface area contributed by atoms with Crippen LogP contribution in [0.3, 0.4) is 0 Å². The maximum absolute atomic E-state index is 12.6. The molecule has 1 fully saturated rings. The molecule has 2 amide bonds. The zero-order valence-corrected chi connectivity index (χ0v) is 20.9. The van der Waals surface area contributed by atoms with Gasteiger partial charge >= 0.3 is 17.4 Å². The number of esters is 1. The Hall–Kier alpha value is -2.53. The first-order valence-electron chi connectivity index (χ1n) is 10.5. The molecule has 0 spiro atoms. The number of nitrogens with zero attached hydrogens (tertiary/aromatic N) is 1. The summed E-state index contributed by atoms with van der Waals surface area (Å²) >= 11 is 2.07. The number of carbonyl (C=O) groups is 4. The summed E-state index contributed by atoms with van der Waals surface area (Å²) in [5, 5.41) is 2.19. The smallest absolute Gasteiger partial charge is 0.410 e. The van der Waals surface area contributed by atoms with Crippen LogP contribution in [0.5, 0.6) is 0 Å². The molecule has 1 saturated heterocycles. The first-order valence-corrected chi connectivity index (χ1v) is 12.2.